The van der Waals surface area contributed by atoms with E-state index in [0.29, 0.717) is 6.04 Å². The Labute approximate surface area is 123 Å². The average molecular weight is 272 g/mol. The monoisotopic (exact) mass is 272 g/mol. The number of nitrogens with zero attached hydrogens (tertiary/aromatic N) is 2. The van der Waals surface area contributed by atoms with Crippen molar-refractivity contribution in [2.75, 3.05) is 24.5 Å². The average Bonchev–Trinajstić information content (AvgIpc) is 2.94. The van der Waals surface area contributed by atoms with Gasteiger partial charge in [0.05, 0.1) is 0 Å². The van der Waals surface area contributed by atoms with Crippen molar-refractivity contribution in [1.29, 1.82) is 0 Å². The maximum absolute atomic E-state index is 2.72. The van der Waals surface area contributed by atoms with E-state index in [4.69, 9.17) is 0 Å². The van der Waals surface area contributed by atoms with Crippen LogP contribution >= 0.6 is 0 Å². The molecule has 1 aromatic rings. The summed E-state index contributed by atoms with van der Waals surface area (Å²) in [5, 5.41) is 0. The lowest BCUT2D eigenvalue weighted by molar-refractivity contribution is 0.195. The molecule has 0 bridgehead atoms. The minimum atomic E-state index is 0.696. The molecular formula is C18H28N2. The summed E-state index contributed by atoms with van der Waals surface area (Å²) >= 11 is 0. The van der Waals surface area contributed by atoms with Gasteiger partial charge in [0.15, 0.2) is 0 Å². The van der Waals surface area contributed by atoms with E-state index < -0.39 is 0 Å². The fraction of sp³-hybridized carbons (Fsp3) is 0.667. The van der Waals surface area contributed by atoms with Crippen LogP contribution in [0.25, 0.3) is 0 Å². The van der Waals surface area contributed by atoms with Crippen molar-refractivity contribution < 1.29 is 0 Å². The molecule has 2 unspecified atom stereocenters. The molecule has 2 fully saturated rings. The lowest BCUT2D eigenvalue weighted by Crippen LogP contribution is -2.56. The van der Waals surface area contributed by atoms with Gasteiger partial charge in [0, 0.05) is 30.9 Å². The maximum atomic E-state index is 2.72. The summed E-state index contributed by atoms with van der Waals surface area (Å²) < 4.78 is 0. The van der Waals surface area contributed by atoms with Crippen molar-refractivity contribution in [3.8, 4) is 0 Å². The Balaban J connectivity index is 1.76. The Kier molecular flexibility index (Phi) is 4.30. The van der Waals surface area contributed by atoms with Crippen LogP contribution in [0.5, 0.6) is 0 Å². The van der Waals surface area contributed by atoms with Crippen LogP contribution < -0.4 is 4.90 Å². The Morgan fingerprint density at radius 2 is 1.90 bits per heavy atom. The molecule has 2 nitrogen and oxygen atoms in total. The van der Waals surface area contributed by atoms with Crippen LogP contribution in [0.2, 0.25) is 0 Å². The van der Waals surface area contributed by atoms with E-state index in [1.54, 1.807) is 0 Å². The van der Waals surface area contributed by atoms with Gasteiger partial charge in [-0.3, -0.25) is 4.90 Å². The fourth-order valence-corrected chi connectivity index (χ4v) is 3.90. The molecule has 0 N–H and O–H groups in total. The van der Waals surface area contributed by atoms with Gasteiger partial charge in [-0.15, -0.1) is 0 Å². The van der Waals surface area contributed by atoms with E-state index in [9.17, 15) is 0 Å². The number of fused-ring (bicyclic) bond motifs is 1. The van der Waals surface area contributed by atoms with Crippen molar-refractivity contribution in [2.45, 2.75) is 58.0 Å². The number of anilines is 1. The van der Waals surface area contributed by atoms with E-state index in [-0.39, 0.29) is 0 Å². The van der Waals surface area contributed by atoms with Crippen LogP contribution in [-0.2, 0) is 6.42 Å². The summed E-state index contributed by atoms with van der Waals surface area (Å²) in [6, 6.07) is 10.8. The Hall–Kier alpha value is -1.02. The molecule has 2 heterocycles. The number of hydrogen-bond donors (Lipinski definition) is 0. The first-order valence-electron chi connectivity index (χ1n) is 8.41. The molecule has 0 radical (unpaired) electrons. The standard InChI is InChI=1S/C18H28N2/c1-3-6-15-8-10-17(11-9-15)20-14-18-7-5-12-19(18)13-16(20)4-2/h8-11,16,18H,3-7,12-14H2,1-2H3. The van der Waals surface area contributed by atoms with Gasteiger partial charge in [0.1, 0.15) is 0 Å². The molecule has 2 aliphatic rings. The fourth-order valence-electron chi connectivity index (χ4n) is 3.90. The molecule has 0 amide bonds. The predicted molar refractivity (Wildman–Crippen MR) is 86.5 cm³/mol. The number of piperazine rings is 1. The lowest BCUT2D eigenvalue weighted by Gasteiger charge is -2.45. The quantitative estimate of drug-likeness (QED) is 0.824. The van der Waals surface area contributed by atoms with Gasteiger partial charge in [-0.05, 0) is 49.9 Å². The normalized spacial score (nSPS) is 26.8. The third-order valence-corrected chi connectivity index (χ3v) is 5.07. The molecule has 0 saturated carbocycles. The van der Waals surface area contributed by atoms with Gasteiger partial charge >= 0.3 is 0 Å². The summed E-state index contributed by atoms with van der Waals surface area (Å²) in [5.74, 6) is 0. The zero-order valence-corrected chi connectivity index (χ0v) is 13.0. The van der Waals surface area contributed by atoms with Gasteiger partial charge < -0.3 is 4.90 Å². The summed E-state index contributed by atoms with van der Waals surface area (Å²) in [6.07, 6.45) is 6.47. The smallest absolute Gasteiger partial charge is 0.0415 e. The van der Waals surface area contributed by atoms with Crippen molar-refractivity contribution in [3.63, 3.8) is 0 Å². The molecule has 0 aliphatic carbocycles. The van der Waals surface area contributed by atoms with E-state index in [1.165, 1.54) is 63.0 Å². The van der Waals surface area contributed by atoms with Crippen LogP contribution in [0.3, 0.4) is 0 Å². The number of hydrogen-bond acceptors (Lipinski definition) is 2. The van der Waals surface area contributed by atoms with Gasteiger partial charge in [-0.1, -0.05) is 32.4 Å². The zero-order valence-electron chi connectivity index (χ0n) is 13.0. The Bertz CT molecular complexity index is 426. The summed E-state index contributed by atoms with van der Waals surface area (Å²) in [7, 11) is 0. The minimum Gasteiger partial charge on any atom is -0.366 e. The second-order valence-corrected chi connectivity index (χ2v) is 6.42. The SMILES string of the molecule is CCCc1ccc(N2CC3CCCN3CC2CC)cc1. The molecule has 110 valence electrons. The van der Waals surface area contributed by atoms with Crippen molar-refractivity contribution in [1.82, 2.24) is 4.90 Å². The maximum Gasteiger partial charge on any atom is 0.0415 e. The molecule has 3 rings (SSSR count). The molecule has 1 aromatic carbocycles. The van der Waals surface area contributed by atoms with Crippen molar-refractivity contribution in [2.24, 2.45) is 0 Å². The van der Waals surface area contributed by atoms with Gasteiger partial charge in [0.2, 0.25) is 0 Å². The molecule has 2 atom stereocenters. The second-order valence-electron chi connectivity index (χ2n) is 6.42. The molecule has 2 saturated heterocycles. The molecular weight excluding hydrogens is 244 g/mol. The molecule has 0 spiro atoms. The Morgan fingerprint density at radius 3 is 2.60 bits per heavy atom. The first-order chi connectivity index (χ1) is 9.81. The van der Waals surface area contributed by atoms with E-state index in [0.717, 1.165) is 6.04 Å². The first kappa shape index (κ1) is 13.9. The highest BCUT2D eigenvalue weighted by Gasteiger charge is 2.35. The third-order valence-electron chi connectivity index (χ3n) is 5.07. The summed E-state index contributed by atoms with van der Waals surface area (Å²) in [6.45, 7) is 8.40. The largest absolute Gasteiger partial charge is 0.366 e. The van der Waals surface area contributed by atoms with Crippen molar-refractivity contribution in [3.05, 3.63) is 29.8 Å². The van der Waals surface area contributed by atoms with Crippen LogP contribution in [0.15, 0.2) is 24.3 Å². The van der Waals surface area contributed by atoms with Crippen molar-refractivity contribution >= 4 is 5.69 Å². The topological polar surface area (TPSA) is 6.48 Å². The predicted octanol–water partition coefficient (Wildman–Crippen LogP) is 3.70. The highest BCUT2D eigenvalue weighted by Crippen LogP contribution is 2.30. The molecule has 20 heavy (non-hydrogen) atoms. The number of aryl methyl sites for hydroxylation is 1. The third kappa shape index (κ3) is 2.71. The van der Waals surface area contributed by atoms with E-state index >= 15 is 0 Å². The highest BCUT2D eigenvalue weighted by atomic mass is 15.3. The van der Waals surface area contributed by atoms with Crippen LogP contribution in [0.4, 0.5) is 5.69 Å². The number of benzene rings is 1. The molecule has 2 heteroatoms. The zero-order chi connectivity index (χ0) is 13.9. The summed E-state index contributed by atoms with van der Waals surface area (Å²) in [4.78, 5) is 5.39. The minimum absolute atomic E-state index is 0.696. The van der Waals surface area contributed by atoms with Gasteiger partial charge in [0.25, 0.3) is 0 Å². The first-order valence-corrected chi connectivity index (χ1v) is 8.41. The van der Waals surface area contributed by atoms with Crippen LogP contribution in [0, 0.1) is 0 Å². The van der Waals surface area contributed by atoms with E-state index in [2.05, 4.69) is 47.9 Å². The van der Waals surface area contributed by atoms with Crippen LogP contribution in [0.1, 0.15) is 45.1 Å². The van der Waals surface area contributed by atoms with E-state index in [1.807, 2.05) is 0 Å². The lowest BCUT2D eigenvalue weighted by atomic mass is 10.0. The Morgan fingerprint density at radius 1 is 1.10 bits per heavy atom. The second kappa shape index (κ2) is 6.17. The summed E-state index contributed by atoms with van der Waals surface area (Å²) in [5.41, 5.74) is 2.91. The number of rotatable bonds is 4. The van der Waals surface area contributed by atoms with Gasteiger partial charge in [-0.2, -0.15) is 0 Å². The van der Waals surface area contributed by atoms with Gasteiger partial charge in [-0.25, -0.2) is 0 Å². The van der Waals surface area contributed by atoms with Crippen LogP contribution in [-0.4, -0.2) is 36.6 Å². The highest BCUT2D eigenvalue weighted by molar-refractivity contribution is 5.49. The molecule has 0 aromatic heterocycles. The molecule has 2 aliphatic heterocycles.